The average molecular weight is 370 g/mol. The normalized spacial score (nSPS) is 15.5. The molecule has 0 aliphatic carbocycles. The van der Waals surface area contributed by atoms with Gasteiger partial charge in [0.2, 0.25) is 5.91 Å². The molecule has 0 N–H and O–H groups in total. The Bertz CT molecular complexity index is 689. The Morgan fingerprint density at radius 2 is 1.58 bits per heavy atom. The van der Waals surface area contributed by atoms with E-state index in [2.05, 4.69) is 0 Å². The van der Waals surface area contributed by atoms with Crippen LogP contribution in [0.25, 0.3) is 0 Å². The number of halogens is 3. The highest BCUT2D eigenvalue weighted by Crippen LogP contribution is 2.32. The summed E-state index contributed by atoms with van der Waals surface area (Å²) in [6.45, 7) is 2.52. The monoisotopic (exact) mass is 370 g/mol. The third kappa shape index (κ3) is 5.06. The minimum Gasteiger partial charge on any atom is -0.341 e. The topological polar surface area (TPSA) is 57.7 Å². The third-order valence-electron chi connectivity index (χ3n) is 4.29. The van der Waals surface area contributed by atoms with Gasteiger partial charge in [-0.3, -0.25) is 9.59 Å². The molecule has 2 amide bonds. The van der Waals surface area contributed by atoms with Gasteiger partial charge in [0.1, 0.15) is 5.78 Å². The van der Waals surface area contributed by atoms with Crippen LogP contribution >= 0.6 is 0 Å². The Morgan fingerprint density at radius 1 is 0.962 bits per heavy atom. The zero-order valence-electron chi connectivity index (χ0n) is 14.5. The minimum absolute atomic E-state index is 0.0752. The van der Waals surface area contributed by atoms with E-state index in [0.29, 0.717) is 13.0 Å². The Hall–Kier alpha value is -2.38. The van der Waals surface area contributed by atoms with Gasteiger partial charge in [-0.15, -0.1) is 0 Å². The molecule has 0 bridgehead atoms. The first-order chi connectivity index (χ1) is 12.2. The summed E-state index contributed by atoms with van der Waals surface area (Å²) in [5.74, 6) is -0.935. The number of hydrogen-bond donors (Lipinski definition) is 0. The molecule has 8 heteroatoms. The molecule has 1 aliphatic heterocycles. The van der Waals surface area contributed by atoms with Gasteiger partial charge in [-0.1, -0.05) is 12.1 Å². The number of rotatable bonds is 4. The second-order valence-electron chi connectivity index (χ2n) is 6.27. The predicted octanol–water partition coefficient (Wildman–Crippen LogP) is 2.75. The number of amides is 2. The van der Waals surface area contributed by atoms with E-state index in [1.54, 1.807) is 4.90 Å². The summed E-state index contributed by atoms with van der Waals surface area (Å²) < 4.78 is 39.4. The van der Waals surface area contributed by atoms with Crippen molar-refractivity contribution < 1.29 is 27.6 Å². The van der Waals surface area contributed by atoms with Crippen molar-refractivity contribution in [1.29, 1.82) is 0 Å². The Labute approximate surface area is 149 Å². The molecule has 0 saturated carbocycles. The minimum atomic E-state index is -4.60. The smallest absolute Gasteiger partial charge is 0.341 e. The van der Waals surface area contributed by atoms with Gasteiger partial charge < -0.3 is 14.6 Å². The highest BCUT2D eigenvalue weighted by molar-refractivity contribution is 5.96. The lowest BCUT2D eigenvalue weighted by molar-refractivity contribution is -0.138. The number of hydrogen-bond acceptors (Lipinski definition) is 3. The van der Waals surface area contributed by atoms with E-state index in [1.165, 1.54) is 30.0 Å². The molecule has 0 spiro atoms. The first-order valence-electron chi connectivity index (χ1n) is 8.43. The lowest BCUT2D eigenvalue weighted by Crippen LogP contribution is -2.38. The van der Waals surface area contributed by atoms with Crippen LogP contribution in [0.3, 0.4) is 0 Å². The van der Waals surface area contributed by atoms with Crippen LogP contribution in [-0.4, -0.2) is 53.6 Å². The fourth-order valence-corrected chi connectivity index (χ4v) is 2.90. The number of benzene rings is 1. The first kappa shape index (κ1) is 19.9. The van der Waals surface area contributed by atoms with E-state index in [9.17, 15) is 27.6 Å². The fourth-order valence-electron chi connectivity index (χ4n) is 2.90. The standard InChI is InChI=1S/C18H21F3N2O3/c1-13(24)7-8-16(25)22-9-4-10-23(12-11-22)17(26)14-5-2-3-6-15(14)18(19,20)21/h2-3,5-6H,4,7-12H2,1H3. The quantitative estimate of drug-likeness (QED) is 0.819. The summed E-state index contributed by atoms with van der Waals surface area (Å²) in [4.78, 5) is 38.6. The number of nitrogens with zero attached hydrogens (tertiary/aromatic N) is 2. The summed E-state index contributed by atoms with van der Waals surface area (Å²) in [6, 6.07) is 4.71. The van der Waals surface area contributed by atoms with Gasteiger partial charge in [-0.25, -0.2) is 0 Å². The number of Topliss-reactive ketones (excluding diaryl/α,β-unsaturated/α-hetero) is 1. The molecule has 2 rings (SSSR count). The summed E-state index contributed by atoms with van der Waals surface area (Å²) >= 11 is 0. The van der Waals surface area contributed by atoms with Crippen LogP contribution in [0, 0.1) is 0 Å². The molecule has 5 nitrogen and oxygen atoms in total. The lowest BCUT2D eigenvalue weighted by atomic mass is 10.1. The molecule has 0 unspecified atom stereocenters. The van der Waals surface area contributed by atoms with Crippen molar-refractivity contribution in [2.75, 3.05) is 26.2 Å². The number of carbonyl (C=O) groups excluding carboxylic acids is 3. The van der Waals surface area contributed by atoms with Gasteiger partial charge >= 0.3 is 6.18 Å². The summed E-state index contributed by atoms with van der Waals surface area (Å²) in [7, 11) is 0. The van der Waals surface area contributed by atoms with Crippen LogP contribution in [-0.2, 0) is 15.8 Å². The van der Waals surface area contributed by atoms with E-state index in [0.717, 1.165) is 6.07 Å². The van der Waals surface area contributed by atoms with Crippen molar-refractivity contribution in [3.8, 4) is 0 Å². The number of carbonyl (C=O) groups is 3. The number of alkyl halides is 3. The molecule has 1 aliphatic rings. The van der Waals surface area contributed by atoms with Crippen LogP contribution in [0.5, 0.6) is 0 Å². The lowest BCUT2D eigenvalue weighted by Gasteiger charge is -2.23. The molecular formula is C18H21F3N2O3. The summed E-state index contributed by atoms with van der Waals surface area (Å²) in [5, 5.41) is 0. The largest absolute Gasteiger partial charge is 0.417 e. The molecule has 0 atom stereocenters. The molecule has 1 heterocycles. The molecule has 26 heavy (non-hydrogen) atoms. The highest BCUT2D eigenvalue weighted by atomic mass is 19.4. The molecule has 1 aromatic rings. The molecular weight excluding hydrogens is 349 g/mol. The van der Waals surface area contributed by atoms with E-state index >= 15 is 0 Å². The van der Waals surface area contributed by atoms with Crippen molar-refractivity contribution in [2.45, 2.75) is 32.4 Å². The molecule has 1 aromatic carbocycles. The van der Waals surface area contributed by atoms with Crippen molar-refractivity contribution in [2.24, 2.45) is 0 Å². The fraction of sp³-hybridized carbons (Fsp3) is 0.500. The van der Waals surface area contributed by atoms with Crippen LogP contribution in [0.2, 0.25) is 0 Å². The van der Waals surface area contributed by atoms with Gasteiger partial charge in [0.25, 0.3) is 5.91 Å². The van der Waals surface area contributed by atoms with Crippen molar-refractivity contribution >= 4 is 17.6 Å². The molecule has 0 radical (unpaired) electrons. The zero-order chi connectivity index (χ0) is 19.3. The van der Waals surface area contributed by atoms with Crippen LogP contribution < -0.4 is 0 Å². The van der Waals surface area contributed by atoms with Gasteiger partial charge in [-0.05, 0) is 25.5 Å². The van der Waals surface area contributed by atoms with E-state index in [-0.39, 0.29) is 49.7 Å². The molecule has 1 saturated heterocycles. The molecule has 142 valence electrons. The number of ketones is 1. The second kappa shape index (κ2) is 8.33. The Balaban J connectivity index is 2.07. The zero-order valence-corrected chi connectivity index (χ0v) is 14.5. The van der Waals surface area contributed by atoms with E-state index in [1.807, 2.05) is 0 Å². The van der Waals surface area contributed by atoms with Crippen molar-refractivity contribution in [1.82, 2.24) is 9.80 Å². The van der Waals surface area contributed by atoms with Gasteiger partial charge in [0.15, 0.2) is 0 Å². The maximum absolute atomic E-state index is 13.1. The second-order valence-corrected chi connectivity index (χ2v) is 6.27. The van der Waals surface area contributed by atoms with Crippen LogP contribution in [0.4, 0.5) is 13.2 Å². The first-order valence-corrected chi connectivity index (χ1v) is 8.43. The SMILES string of the molecule is CC(=O)CCC(=O)N1CCCN(C(=O)c2ccccc2C(F)(F)F)CC1. The van der Waals surface area contributed by atoms with Crippen molar-refractivity contribution in [3.63, 3.8) is 0 Å². The average Bonchev–Trinajstić information content (AvgIpc) is 2.84. The van der Waals surface area contributed by atoms with E-state index < -0.39 is 17.6 Å². The molecule has 0 aromatic heterocycles. The van der Waals surface area contributed by atoms with E-state index in [4.69, 9.17) is 0 Å². The maximum Gasteiger partial charge on any atom is 0.417 e. The van der Waals surface area contributed by atoms with Crippen LogP contribution in [0.15, 0.2) is 24.3 Å². The Kier molecular flexibility index (Phi) is 6.39. The Morgan fingerprint density at radius 3 is 2.23 bits per heavy atom. The van der Waals surface area contributed by atoms with Gasteiger partial charge in [0.05, 0.1) is 11.1 Å². The third-order valence-corrected chi connectivity index (χ3v) is 4.29. The highest BCUT2D eigenvalue weighted by Gasteiger charge is 2.36. The van der Waals surface area contributed by atoms with Crippen molar-refractivity contribution in [3.05, 3.63) is 35.4 Å². The van der Waals surface area contributed by atoms with Gasteiger partial charge in [-0.2, -0.15) is 13.2 Å². The summed E-state index contributed by atoms with van der Waals surface area (Å²) in [5.41, 5.74) is -1.33. The molecule has 1 fully saturated rings. The predicted molar refractivity (Wildman–Crippen MR) is 88.5 cm³/mol. The van der Waals surface area contributed by atoms with Crippen LogP contribution in [0.1, 0.15) is 42.1 Å². The maximum atomic E-state index is 13.1. The summed E-state index contributed by atoms with van der Waals surface area (Å²) in [6.07, 6.45) is -3.85. The van der Waals surface area contributed by atoms with Gasteiger partial charge in [0, 0.05) is 39.0 Å².